The molecule has 0 N–H and O–H groups in total. The fourth-order valence-electron chi connectivity index (χ4n) is 3.16. The number of benzene rings is 2. The second-order valence-electron chi connectivity index (χ2n) is 6.36. The molecule has 1 aliphatic heterocycles. The predicted octanol–water partition coefficient (Wildman–Crippen LogP) is 3.04. The van der Waals surface area contributed by atoms with Gasteiger partial charge in [0.15, 0.2) is 6.23 Å². The van der Waals surface area contributed by atoms with Crippen molar-refractivity contribution in [2.45, 2.75) is 19.7 Å². The van der Waals surface area contributed by atoms with Crippen LogP contribution in [0.4, 0.5) is 5.69 Å². The van der Waals surface area contributed by atoms with E-state index in [9.17, 15) is 5.26 Å². The largest absolute Gasteiger partial charge is 0.350 e. The molecule has 0 saturated carbocycles. The van der Waals surface area contributed by atoms with Crippen molar-refractivity contribution in [1.29, 1.82) is 5.26 Å². The second kappa shape index (κ2) is 6.98. The molecular formula is C20H19N5O. The van der Waals surface area contributed by atoms with E-state index in [0.29, 0.717) is 18.7 Å². The topological polar surface area (TPSA) is 67.0 Å². The Bertz CT molecular complexity index is 941. The minimum absolute atomic E-state index is 0.238. The average molecular weight is 345 g/mol. The zero-order valence-corrected chi connectivity index (χ0v) is 14.5. The summed E-state index contributed by atoms with van der Waals surface area (Å²) in [6.45, 7) is 4.06. The molecule has 26 heavy (non-hydrogen) atoms. The van der Waals surface area contributed by atoms with Crippen molar-refractivity contribution in [1.82, 2.24) is 15.0 Å². The molecular weight excluding hydrogens is 326 g/mol. The summed E-state index contributed by atoms with van der Waals surface area (Å²) in [5, 5.41) is 17.8. The van der Waals surface area contributed by atoms with Gasteiger partial charge in [0.1, 0.15) is 5.69 Å². The van der Waals surface area contributed by atoms with Crippen LogP contribution in [0, 0.1) is 18.3 Å². The lowest BCUT2D eigenvalue weighted by molar-refractivity contribution is 0.110. The van der Waals surface area contributed by atoms with E-state index in [1.165, 1.54) is 5.56 Å². The summed E-state index contributed by atoms with van der Waals surface area (Å²) >= 11 is 0. The molecule has 6 nitrogen and oxygen atoms in total. The fraction of sp³-hybridized carbons (Fsp3) is 0.250. The Morgan fingerprint density at radius 3 is 2.81 bits per heavy atom. The standard InChI is InChI=1S/C20H19N5O/c1-15-6-8-18(9-7-15)25-10-11-26-20(25)19-14-24(23-22-19)13-17-5-3-2-4-16(17)12-21/h2-9,14,20H,10-11,13H2,1H3/t20-/m0/s1. The maximum Gasteiger partial charge on any atom is 0.177 e. The van der Waals surface area contributed by atoms with Crippen LogP contribution in [-0.4, -0.2) is 28.1 Å². The fourth-order valence-corrected chi connectivity index (χ4v) is 3.16. The van der Waals surface area contributed by atoms with Gasteiger partial charge in [-0.3, -0.25) is 0 Å². The van der Waals surface area contributed by atoms with E-state index in [1.807, 2.05) is 30.5 Å². The Hall–Kier alpha value is -3.17. The molecule has 2 aromatic carbocycles. The third kappa shape index (κ3) is 3.17. The Kier molecular flexibility index (Phi) is 4.38. The summed E-state index contributed by atoms with van der Waals surface area (Å²) < 4.78 is 7.65. The van der Waals surface area contributed by atoms with E-state index in [2.05, 4.69) is 52.5 Å². The number of hydrogen-bond acceptors (Lipinski definition) is 5. The highest BCUT2D eigenvalue weighted by Gasteiger charge is 2.29. The normalized spacial score (nSPS) is 16.6. The Morgan fingerprint density at radius 2 is 2.00 bits per heavy atom. The lowest BCUT2D eigenvalue weighted by Crippen LogP contribution is -2.23. The van der Waals surface area contributed by atoms with Crippen molar-refractivity contribution in [3.8, 4) is 6.07 Å². The van der Waals surface area contributed by atoms with E-state index in [1.54, 1.807) is 4.68 Å². The molecule has 1 aliphatic rings. The van der Waals surface area contributed by atoms with Gasteiger partial charge < -0.3 is 9.64 Å². The molecule has 0 aliphatic carbocycles. The summed E-state index contributed by atoms with van der Waals surface area (Å²) in [4.78, 5) is 2.19. The lowest BCUT2D eigenvalue weighted by atomic mass is 10.1. The molecule has 0 radical (unpaired) electrons. The van der Waals surface area contributed by atoms with Gasteiger partial charge in [0, 0.05) is 12.2 Å². The van der Waals surface area contributed by atoms with Crippen LogP contribution in [0.25, 0.3) is 0 Å². The van der Waals surface area contributed by atoms with Crippen LogP contribution < -0.4 is 4.90 Å². The van der Waals surface area contributed by atoms with Crippen LogP contribution in [0.2, 0.25) is 0 Å². The number of anilines is 1. The smallest absolute Gasteiger partial charge is 0.177 e. The minimum atomic E-state index is -0.238. The summed E-state index contributed by atoms with van der Waals surface area (Å²) in [6, 6.07) is 18.1. The molecule has 1 fully saturated rings. The van der Waals surface area contributed by atoms with E-state index >= 15 is 0 Å². The van der Waals surface area contributed by atoms with Crippen molar-refractivity contribution >= 4 is 5.69 Å². The van der Waals surface area contributed by atoms with Crippen LogP contribution in [0.5, 0.6) is 0 Å². The van der Waals surface area contributed by atoms with E-state index in [-0.39, 0.29) is 6.23 Å². The molecule has 0 bridgehead atoms. The first kappa shape index (κ1) is 16.3. The van der Waals surface area contributed by atoms with Gasteiger partial charge in [-0.1, -0.05) is 41.1 Å². The first-order valence-electron chi connectivity index (χ1n) is 8.57. The maximum atomic E-state index is 9.23. The van der Waals surface area contributed by atoms with Crippen molar-refractivity contribution in [3.63, 3.8) is 0 Å². The number of hydrogen-bond donors (Lipinski definition) is 0. The van der Waals surface area contributed by atoms with Gasteiger partial charge in [-0.2, -0.15) is 5.26 Å². The van der Waals surface area contributed by atoms with Gasteiger partial charge in [-0.05, 0) is 30.7 Å². The number of aromatic nitrogens is 3. The Morgan fingerprint density at radius 1 is 1.19 bits per heavy atom. The van der Waals surface area contributed by atoms with E-state index < -0.39 is 0 Å². The number of ether oxygens (including phenoxy) is 1. The third-order valence-corrected chi connectivity index (χ3v) is 4.54. The van der Waals surface area contributed by atoms with Gasteiger partial charge in [-0.15, -0.1) is 5.10 Å². The van der Waals surface area contributed by atoms with Crippen LogP contribution in [0.15, 0.2) is 54.7 Å². The molecule has 6 heteroatoms. The number of nitriles is 1. The predicted molar refractivity (Wildman–Crippen MR) is 97.5 cm³/mol. The highest BCUT2D eigenvalue weighted by atomic mass is 16.5. The number of aryl methyl sites for hydroxylation is 1. The zero-order valence-electron chi connectivity index (χ0n) is 14.5. The Labute approximate surface area is 152 Å². The van der Waals surface area contributed by atoms with Gasteiger partial charge >= 0.3 is 0 Å². The molecule has 1 aromatic heterocycles. The summed E-state index contributed by atoms with van der Waals surface area (Å²) in [7, 11) is 0. The summed E-state index contributed by atoms with van der Waals surface area (Å²) in [5.74, 6) is 0. The van der Waals surface area contributed by atoms with Crippen LogP contribution in [-0.2, 0) is 11.3 Å². The van der Waals surface area contributed by atoms with Crippen molar-refractivity contribution in [3.05, 3.63) is 77.1 Å². The number of nitrogens with zero attached hydrogens (tertiary/aromatic N) is 5. The molecule has 130 valence electrons. The highest BCUT2D eigenvalue weighted by molar-refractivity contribution is 5.49. The first-order chi connectivity index (χ1) is 12.7. The average Bonchev–Trinajstić information content (AvgIpc) is 3.32. The maximum absolute atomic E-state index is 9.23. The van der Waals surface area contributed by atoms with Gasteiger partial charge in [-0.25, -0.2) is 4.68 Å². The molecule has 4 rings (SSSR count). The van der Waals surface area contributed by atoms with Gasteiger partial charge in [0.2, 0.25) is 0 Å². The number of rotatable bonds is 4. The van der Waals surface area contributed by atoms with Gasteiger partial charge in [0.05, 0.1) is 31.0 Å². The van der Waals surface area contributed by atoms with E-state index in [4.69, 9.17) is 4.74 Å². The molecule has 1 atom stereocenters. The monoisotopic (exact) mass is 345 g/mol. The van der Waals surface area contributed by atoms with Crippen LogP contribution >= 0.6 is 0 Å². The lowest BCUT2D eigenvalue weighted by Gasteiger charge is -2.23. The van der Waals surface area contributed by atoms with E-state index in [0.717, 1.165) is 23.5 Å². The highest BCUT2D eigenvalue weighted by Crippen LogP contribution is 2.31. The first-order valence-corrected chi connectivity index (χ1v) is 8.57. The Balaban J connectivity index is 1.55. The summed E-state index contributed by atoms with van der Waals surface area (Å²) in [6.07, 6.45) is 1.66. The molecule has 0 amide bonds. The summed E-state index contributed by atoms with van der Waals surface area (Å²) in [5.41, 5.74) is 4.70. The molecule has 1 saturated heterocycles. The van der Waals surface area contributed by atoms with Crippen LogP contribution in [0.1, 0.15) is 28.6 Å². The molecule has 3 aromatic rings. The SMILES string of the molecule is Cc1ccc(N2CCO[C@H]2c2cn(Cc3ccccc3C#N)nn2)cc1. The van der Waals surface area contributed by atoms with Crippen molar-refractivity contribution < 1.29 is 4.74 Å². The van der Waals surface area contributed by atoms with Crippen LogP contribution in [0.3, 0.4) is 0 Å². The van der Waals surface area contributed by atoms with Crippen molar-refractivity contribution in [2.75, 3.05) is 18.1 Å². The van der Waals surface area contributed by atoms with Crippen molar-refractivity contribution in [2.24, 2.45) is 0 Å². The molecule has 0 spiro atoms. The quantitative estimate of drug-likeness (QED) is 0.727. The minimum Gasteiger partial charge on any atom is -0.350 e. The molecule has 0 unspecified atom stereocenters. The zero-order chi connectivity index (χ0) is 17.9. The molecule has 2 heterocycles. The van der Waals surface area contributed by atoms with Gasteiger partial charge in [0.25, 0.3) is 0 Å². The second-order valence-corrected chi connectivity index (χ2v) is 6.36. The third-order valence-electron chi connectivity index (χ3n) is 4.54.